The highest BCUT2D eigenvalue weighted by Gasteiger charge is 2.32. The molecule has 0 saturated heterocycles. The van der Waals surface area contributed by atoms with Crippen LogP contribution >= 0.6 is 0 Å². The largest absolute Gasteiger partial charge is 0.485 e. The van der Waals surface area contributed by atoms with Crippen molar-refractivity contribution in [1.82, 2.24) is 19.7 Å². The summed E-state index contributed by atoms with van der Waals surface area (Å²) >= 11 is 0. The van der Waals surface area contributed by atoms with Crippen molar-refractivity contribution < 1.29 is 14.3 Å². The first-order valence-electron chi connectivity index (χ1n) is 8.65. The molecule has 3 heterocycles. The average Bonchev–Trinajstić information content (AvgIpc) is 3.24. The van der Waals surface area contributed by atoms with Gasteiger partial charge in [0.15, 0.2) is 0 Å². The van der Waals surface area contributed by atoms with E-state index in [4.69, 9.17) is 10.5 Å². The highest BCUT2D eigenvalue weighted by Crippen LogP contribution is 2.28. The Balaban J connectivity index is 1.77. The molecule has 0 fully saturated rings. The number of hydrogen-bond acceptors (Lipinski definition) is 6. The van der Waals surface area contributed by atoms with Gasteiger partial charge in [-0.05, 0) is 25.1 Å². The fraction of sp³-hybridized carbons (Fsp3) is 0.158. The molecule has 9 nitrogen and oxygen atoms in total. The van der Waals surface area contributed by atoms with Crippen LogP contribution < -0.4 is 21.3 Å². The third-order valence-corrected chi connectivity index (χ3v) is 4.54. The molecule has 9 heteroatoms. The zero-order chi connectivity index (χ0) is 19.8. The van der Waals surface area contributed by atoms with Gasteiger partial charge in [-0.15, -0.1) is 0 Å². The second-order valence-corrected chi connectivity index (χ2v) is 6.17. The van der Waals surface area contributed by atoms with Crippen molar-refractivity contribution in [3.05, 3.63) is 69.8 Å². The smallest absolute Gasteiger partial charge is 0.262 e. The molecule has 0 saturated carbocycles. The first kappa shape index (κ1) is 17.5. The van der Waals surface area contributed by atoms with Crippen molar-refractivity contribution in [1.29, 1.82) is 0 Å². The fourth-order valence-corrected chi connectivity index (χ4v) is 3.21. The number of nitrogens with zero attached hydrogens (tertiary/aromatic N) is 3. The number of para-hydroxylation sites is 2. The number of nitrogen functional groups attached to an aromatic ring is 1. The van der Waals surface area contributed by atoms with Crippen LogP contribution in [0.4, 0.5) is 5.82 Å². The number of imide groups is 1. The van der Waals surface area contributed by atoms with E-state index in [1.165, 1.54) is 4.57 Å². The van der Waals surface area contributed by atoms with E-state index in [0.29, 0.717) is 18.0 Å². The second kappa shape index (κ2) is 6.69. The van der Waals surface area contributed by atoms with Gasteiger partial charge >= 0.3 is 0 Å². The lowest BCUT2D eigenvalue weighted by atomic mass is 10.1. The van der Waals surface area contributed by atoms with E-state index in [1.54, 1.807) is 35.1 Å². The fourth-order valence-electron chi connectivity index (χ4n) is 3.21. The molecule has 0 aliphatic carbocycles. The van der Waals surface area contributed by atoms with Crippen LogP contribution in [0.2, 0.25) is 0 Å². The van der Waals surface area contributed by atoms with Crippen molar-refractivity contribution in [2.24, 2.45) is 0 Å². The minimum Gasteiger partial charge on any atom is -0.485 e. The molecule has 0 spiro atoms. The number of carbonyl (C=O) groups excluding carboxylic acids is 2. The Morgan fingerprint density at radius 3 is 2.71 bits per heavy atom. The number of nitrogens with one attached hydrogen (secondary N) is 1. The number of anilines is 1. The van der Waals surface area contributed by atoms with Gasteiger partial charge in [0.1, 0.15) is 18.2 Å². The zero-order valence-electron chi connectivity index (χ0n) is 15.0. The van der Waals surface area contributed by atoms with Crippen LogP contribution in [-0.4, -0.2) is 26.2 Å². The molecule has 3 aromatic rings. The summed E-state index contributed by atoms with van der Waals surface area (Å²) in [7, 11) is 0. The molecule has 2 aromatic heterocycles. The van der Waals surface area contributed by atoms with E-state index in [9.17, 15) is 14.4 Å². The van der Waals surface area contributed by atoms with Crippen LogP contribution in [0, 0.1) is 0 Å². The summed E-state index contributed by atoms with van der Waals surface area (Å²) in [6.07, 6.45) is 1.69. The lowest BCUT2D eigenvalue weighted by molar-refractivity contribution is 0.0880. The maximum absolute atomic E-state index is 12.7. The predicted molar refractivity (Wildman–Crippen MR) is 100 cm³/mol. The number of hydrogen-bond donors (Lipinski definition) is 2. The summed E-state index contributed by atoms with van der Waals surface area (Å²) in [5.74, 6) is -0.963. The molecular formula is C19H17N5O4. The van der Waals surface area contributed by atoms with Gasteiger partial charge < -0.3 is 10.5 Å². The van der Waals surface area contributed by atoms with Crippen molar-refractivity contribution in [2.45, 2.75) is 20.1 Å². The first-order chi connectivity index (χ1) is 13.5. The van der Waals surface area contributed by atoms with E-state index in [-0.39, 0.29) is 23.6 Å². The average molecular weight is 379 g/mol. The van der Waals surface area contributed by atoms with Gasteiger partial charge in [-0.25, -0.2) is 0 Å². The molecular weight excluding hydrogens is 362 g/mol. The third-order valence-electron chi connectivity index (χ3n) is 4.54. The minimum atomic E-state index is -0.631. The molecule has 0 atom stereocenters. The molecule has 3 N–H and O–H groups in total. The lowest BCUT2D eigenvalue weighted by Gasteiger charge is -2.16. The van der Waals surface area contributed by atoms with Crippen LogP contribution in [0.5, 0.6) is 5.75 Å². The Kier molecular flexibility index (Phi) is 4.19. The number of fused-ring (bicyclic) bond motifs is 1. The molecule has 28 heavy (non-hydrogen) atoms. The SMILES string of the molecule is CCn1nccc1COc1ccccc1-n1c(N)c2c(cc1=O)C(=O)NC2=O. The summed E-state index contributed by atoms with van der Waals surface area (Å²) in [4.78, 5) is 36.5. The number of benzene rings is 1. The van der Waals surface area contributed by atoms with Gasteiger partial charge in [0.2, 0.25) is 0 Å². The van der Waals surface area contributed by atoms with E-state index < -0.39 is 17.4 Å². The molecule has 0 unspecified atom stereocenters. The standard InChI is InChI=1S/C19H17N5O4/c1-2-23-11(7-8-21-23)10-28-14-6-4-3-5-13(14)24-15(25)9-12-16(17(24)20)19(27)22-18(12)26/h3-9H,2,10,20H2,1H3,(H,22,26,27). The number of amides is 2. The Bertz CT molecular complexity index is 1160. The summed E-state index contributed by atoms with van der Waals surface area (Å²) in [5, 5.41) is 6.34. The third kappa shape index (κ3) is 2.73. The second-order valence-electron chi connectivity index (χ2n) is 6.17. The van der Waals surface area contributed by atoms with E-state index in [2.05, 4.69) is 10.4 Å². The molecule has 0 bridgehead atoms. The highest BCUT2D eigenvalue weighted by molar-refractivity contribution is 6.23. The lowest BCUT2D eigenvalue weighted by Crippen LogP contribution is -2.24. The summed E-state index contributed by atoms with van der Waals surface area (Å²) in [5.41, 5.74) is 6.79. The highest BCUT2D eigenvalue weighted by atomic mass is 16.5. The number of ether oxygens (including phenoxy) is 1. The number of rotatable bonds is 5. The first-order valence-corrected chi connectivity index (χ1v) is 8.65. The van der Waals surface area contributed by atoms with Gasteiger partial charge in [0.05, 0.1) is 22.5 Å². The maximum Gasteiger partial charge on any atom is 0.262 e. The molecule has 2 amide bonds. The zero-order valence-corrected chi connectivity index (χ0v) is 15.0. The topological polar surface area (TPSA) is 121 Å². The van der Waals surface area contributed by atoms with Gasteiger partial charge in [-0.3, -0.25) is 28.9 Å². The Morgan fingerprint density at radius 1 is 1.14 bits per heavy atom. The van der Waals surface area contributed by atoms with Crippen molar-refractivity contribution in [3.8, 4) is 11.4 Å². The minimum absolute atomic E-state index is 0.0107. The van der Waals surface area contributed by atoms with Crippen LogP contribution in [-0.2, 0) is 13.2 Å². The number of pyridine rings is 1. The summed E-state index contributed by atoms with van der Waals surface area (Å²) < 4.78 is 8.88. The van der Waals surface area contributed by atoms with Crippen molar-refractivity contribution in [2.75, 3.05) is 5.73 Å². The van der Waals surface area contributed by atoms with Gasteiger partial charge in [-0.1, -0.05) is 12.1 Å². The molecule has 0 radical (unpaired) electrons. The van der Waals surface area contributed by atoms with Gasteiger partial charge in [0.25, 0.3) is 17.4 Å². The molecule has 4 rings (SSSR count). The van der Waals surface area contributed by atoms with E-state index in [0.717, 1.165) is 11.8 Å². The quantitative estimate of drug-likeness (QED) is 0.640. The van der Waals surface area contributed by atoms with Gasteiger partial charge in [-0.2, -0.15) is 5.10 Å². The molecule has 1 aliphatic rings. The Labute approximate surface area is 159 Å². The number of nitrogens with two attached hydrogens (primary N) is 1. The number of aryl methyl sites for hydroxylation is 1. The van der Waals surface area contributed by atoms with Crippen LogP contribution in [0.3, 0.4) is 0 Å². The van der Waals surface area contributed by atoms with Gasteiger partial charge in [0, 0.05) is 18.8 Å². The monoisotopic (exact) mass is 379 g/mol. The van der Waals surface area contributed by atoms with E-state index in [1.807, 2.05) is 13.0 Å². The molecule has 1 aliphatic heterocycles. The number of carbonyl (C=O) groups is 2. The number of aromatic nitrogens is 3. The molecule has 142 valence electrons. The van der Waals surface area contributed by atoms with Crippen LogP contribution in [0.15, 0.2) is 47.4 Å². The Hall–Kier alpha value is -3.88. The normalized spacial score (nSPS) is 12.8. The van der Waals surface area contributed by atoms with E-state index >= 15 is 0 Å². The summed E-state index contributed by atoms with van der Waals surface area (Å²) in [6, 6.07) is 9.80. The van der Waals surface area contributed by atoms with Crippen LogP contribution in [0.1, 0.15) is 33.3 Å². The predicted octanol–water partition coefficient (Wildman–Crippen LogP) is 1.10. The van der Waals surface area contributed by atoms with Crippen LogP contribution in [0.25, 0.3) is 5.69 Å². The maximum atomic E-state index is 12.7. The van der Waals surface area contributed by atoms with Crippen molar-refractivity contribution in [3.63, 3.8) is 0 Å². The van der Waals surface area contributed by atoms with Crippen molar-refractivity contribution >= 4 is 17.6 Å². The summed E-state index contributed by atoms with van der Waals surface area (Å²) in [6.45, 7) is 2.92. The Morgan fingerprint density at radius 2 is 1.93 bits per heavy atom. The molecule has 1 aromatic carbocycles.